The Bertz CT molecular complexity index is 934. The molecular formula is C15H10N2O3. The fourth-order valence-corrected chi connectivity index (χ4v) is 2.54. The third kappa shape index (κ3) is 1.40. The zero-order valence-electron chi connectivity index (χ0n) is 10.4. The zero-order chi connectivity index (χ0) is 13.9. The summed E-state index contributed by atoms with van der Waals surface area (Å²) in [7, 11) is 0. The molecule has 2 aromatic carbocycles. The van der Waals surface area contributed by atoms with Crippen LogP contribution in [-0.2, 0) is 0 Å². The molecule has 0 atom stereocenters. The molecule has 0 amide bonds. The van der Waals surface area contributed by atoms with Crippen molar-refractivity contribution in [2.24, 2.45) is 0 Å². The number of benzene rings is 2. The lowest BCUT2D eigenvalue weighted by Gasteiger charge is -2.22. The molecule has 98 valence electrons. The first-order valence-corrected chi connectivity index (χ1v) is 6.08. The lowest BCUT2D eigenvalue weighted by molar-refractivity contribution is 0.472. The van der Waals surface area contributed by atoms with E-state index in [2.05, 4.69) is 16.5 Å². The Morgan fingerprint density at radius 2 is 1.75 bits per heavy atom. The van der Waals surface area contributed by atoms with Gasteiger partial charge in [0.25, 0.3) is 0 Å². The number of imidazole rings is 1. The molecule has 0 bridgehead atoms. The van der Waals surface area contributed by atoms with Crippen LogP contribution >= 0.6 is 0 Å². The number of hydrogen-bond acceptors (Lipinski definition) is 3. The highest BCUT2D eigenvalue weighted by Gasteiger charge is 2.22. The smallest absolute Gasteiger partial charge is 0.323 e. The molecule has 0 spiro atoms. The molecule has 4 rings (SSSR count). The first kappa shape index (κ1) is 10.9. The molecule has 0 unspecified atom stereocenters. The summed E-state index contributed by atoms with van der Waals surface area (Å²) in [5.41, 5.74) is 3.66. The van der Waals surface area contributed by atoms with E-state index in [1.54, 1.807) is 18.2 Å². The summed E-state index contributed by atoms with van der Waals surface area (Å²) in [6, 6.07) is 8.66. The molecule has 3 aromatic rings. The number of H-pyrrole nitrogens is 2. The topological polar surface area (TPSA) is 78.1 Å². The highest BCUT2D eigenvalue weighted by molar-refractivity contribution is 5.93. The van der Waals surface area contributed by atoms with Crippen LogP contribution in [0.2, 0.25) is 0 Å². The van der Waals surface area contributed by atoms with Crippen LogP contribution in [0.25, 0.3) is 27.9 Å². The van der Waals surface area contributed by atoms with Gasteiger partial charge in [-0.3, -0.25) is 0 Å². The van der Waals surface area contributed by atoms with Crippen molar-refractivity contribution >= 4 is 16.8 Å². The number of phenols is 1. The molecule has 1 aliphatic heterocycles. The predicted molar refractivity (Wildman–Crippen MR) is 75.7 cm³/mol. The van der Waals surface area contributed by atoms with Crippen LogP contribution in [0.15, 0.2) is 41.7 Å². The molecule has 0 fully saturated rings. The van der Waals surface area contributed by atoms with Gasteiger partial charge in [0.15, 0.2) is 0 Å². The maximum absolute atomic E-state index is 11.4. The Labute approximate surface area is 113 Å². The van der Waals surface area contributed by atoms with Gasteiger partial charge >= 0.3 is 5.69 Å². The van der Waals surface area contributed by atoms with Gasteiger partial charge in [-0.15, -0.1) is 0 Å². The van der Waals surface area contributed by atoms with Crippen molar-refractivity contribution in [2.75, 3.05) is 0 Å². The highest BCUT2D eigenvalue weighted by atomic mass is 16.5. The van der Waals surface area contributed by atoms with Gasteiger partial charge in [-0.25, -0.2) is 4.79 Å². The number of aromatic amines is 2. The summed E-state index contributed by atoms with van der Waals surface area (Å²) in [6.07, 6.45) is 0. The molecule has 0 saturated carbocycles. The number of nitrogens with one attached hydrogen (secondary N) is 2. The van der Waals surface area contributed by atoms with E-state index in [1.165, 1.54) is 0 Å². The van der Waals surface area contributed by atoms with Crippen molar-refractivity contribution in [2.45, 2.75) is 0 Å². The monoisotopic (exact) mass is 266 g/mol. The molecule has 0 radical (unpaired) electrons. The third-order valence-electron chi connectivity index (χ3n) is 3.44. The molecule has 0 saturated heterocycles. The number of hydrogen-bond donors (Lipinski definition) is 3. The fraction of sp³-hybridized carbons (Fsp3) is 0. The van der Waals surface area contributed by atoms with E-state index in [0.717, 1.165) is 16.7 Å². The summed E-state index contributed by atoms with van der Waals surface area (Å²) in [4.78, 5) is 16.8. The van der Waals surface area contributed by atoms with Crippen LogP contribution in [0.1, 0.15) is 5.56 Å². The molecule has 2 heterocycles. The number of fused-ring (bicyclic) bond motifs is 4. The van der Waals surface area contributed by atoms with E-state index in [0.29, 0.717) is 22.5 Å². The Morgan fingerprint density at radius 3 is 2.55 bits per heavy atom. The zero-order valence-corrected chi connectivity index (χ0v) is 10.4. The van der Waals surface area contributed by atoms with Gasteiger partial charge in [-0.05, 0) is 29.8 Å². The number of aromatic hydroxyl groups is 1. The van der Waals surface area contributed by atoms with Crippen molar-refractivity contribution in [3.63, 3.8) is 0 Å². The molecule has 1 aliphatic rings. The first-order chi connectivity index (χ1) is 9.61. The van der Waals surface area contributed by atoms with Crippen LogP contribution in [-0.4, -0.2) is 15.1 Å². The van der Waals surface area contributed by atoms with Gasteiger partial charge in [0.2, 0.25) is 0 Å². The number of aromatic nitrogens is 2. The summed E-state index contributed by atoms with van der Waals surface area (Å²) < 4.78 is 5.69. The molecule has 5 heteroatoms. The van der Waals surface area contributed by atoms with Crippen molar-refractivity contribution < 1.29 is 9.84 Å². The van der Waals surface area contributed by atoms with Gasteiger partial charge in [-0.2, -0.15) is 0 Å². The number of phenolic OH excluding ortho intramolecular Hbond substituents is 1. The summed E-state index contributed by atoms with van der Waals surface area (Å²) in [5.74, 6) is 1.27. The van der Waals surface area contributed by atoms with E-state index in [9.17, 15) is 9.90 Å². The first-order valence-electron chi connectivity index (χ1n) is 6.08. The minimum absolute atomic E-state index is 0.160. The third-order valence-corrected chi connectivity index (χ3v) is 3.44. The lowest BCUT2D eigenvalue weighted by atomic mass is 9.95. The van der Waals surface area contributed by atoms with E-state index in [1.807, 2.05) is 12.1 Å². The van der Waals surface area contributed by atoms with Crippen LogP contribution < -0.4 is 10.4 Å². The summed E-state index contributed by atoms with van der Waals surface area (Å²) in [6.45, 7) is 3.87. The van der Waals surface area contributed by atoms with E-state index in [-0.39, 0.29) is 11.4 Å². The second kappa shape index (κ2) is 3.54. The van der Waals surface area contributed by atoms with Gasteiger partial charge in [-0.1, -0.05) is 6.58 Å². The van der Waals surface area contributed by atoms with E-state index >= 15 is 0 Å². The van der Waals surface area contributed by atoms with Gasteiger partial charge in [0.1, 0.15) is 17.3 Å². The predicted octanol–water partition coefficient (Wildman–Crippen LogP) is 2.59. The average Bonchev–Trinajstić information content (AvgIpc) is 2.76. The van der Waals surface area contributed by atoms with Gasteiger partial charge in [0.05, 0.1) is 11.0 Å². The minimum Gasteiger partial charge on any atom is -0.508 e. The second-order valence-corrected chi connectivity index (χ2v) is 4.73. The molecule has 5 nitrogen and oxygen atoms in total. The lowest BCUT2D eigenvalue weighted by Crippen LogP contribution is -2.03. The summed E-state index contributed by atoms with van der Waals surface area (Å²) >= 11 is 0. The minimum atomic E-state index is -0.257. The average molecular weight is 266 g/mol. The SMILES string of the molecule is C=C1Oc2cc3[nH]c(=O)[nH]c3cc2-c2ccc(O)cc21. The normalized spacial score (nSPS) is 12.9. The summed E-state index contributed by atoms with van der Waals surface area (Å²) in [5, 5.41) is 9.58. The van der Waals surface area contributed by atoms with Crippen molar-refractivity contribution in [3.05, 3.63) is 53.0 Å². The van der Waals surface area contributed by atoms with Crippen LogP contribution in [0, 0.1) is 0 Å². The maximum Gasteiger partial charge on any atom is 0.323 e. The number of ether oxygens (including phenoxy) is 1. The molecule has 0 aliphatic carbocycles. The van der Waals surface area contributed by atoms with Crippen LogP contribution in [0.3, 0.4) is 0 Å². The second-order valence-electron chi connectivity index (χ2n) is 4.73. The maximum atomic E-state index is 11.4. The van der Waals surface area contributed by atoms with Crippen LogP contribution in [0.5, 0.6) is 11.5 Å². The van der Waals surface area contributed by atoms with Gasteiger partial charge < -0.3 is 19.8 Å². The largest absolute Gasteiger partial charge is 0.508 e. The Morgan fingerprint density at radius 1 is 1.00 bits per heavy atom. The highest BCUT2D eigenvalue weighted by Crippen LogP contribution is 2.43. The fourth-order valence-electron chi connectivity index (χ4n) is 2.54. The Hall–Kier alpha value is -2.95. The molecular weight excluding hydrogens is 256 g/mol. The van der Waals surface area contributed by atoms with E-state index < -0.39 is 0 Å². The number of rotatable bonds is 0. The van der Waals surface area contributed by atoms with Crippen molar-refractivity contribution in [1.29, 1.82) is 0 Å². The molecule has 3 N–H and O–H groups in total. The quantitative estimate of drug-likeness (QED) is 0.585. The van der Waals surface area contributed by atoms with Crippen molar-refractivity contribution in [3.8, 4) is 22.6 Å². The molecule has 1 aromatic heterocycles. The van der Waals surface area contributed by atoms with Crippen molar-refractivity contribution in [1.82, 2.24) is 9.97 Å². The van der Waals surface area contributed by atoms with Crippen LogP contribution in [0.4, 0.5) is 0 Å². The van der Waals surface area contributed by atoms with E-state index in [4.69, 9.17) is 4.74 Å². The Kier molecular flexibility index (Phi) is 1.93. The van der Waals surface area contributed by atoms with Gasteiger partial charge in [0, 0.05) is 17.2 Å². The Balaban J connectivity index is 2.08. The molecule has 20 heavy (non-hydrogen) atoms. The standard InChI is InChI=1S/C15H10N2O3/c1-7-10-4-8(18)2-3-9(10)11-5-12-13(6-14(11)20-7)17-15(19)16-12/h2-6,18H,1H2,(H2,16,17,19).